The molecule has 0 aromatic carbocycles. The quantitative estimate of drug-likeness (QED) is 0.186. The van der Waals surface area contributed by atoms with Crippen LogP contribution in [0.5, 0.6) is 0 Å². The zero-order valence-corrected chi connectivity index (χ0v) is 16.3. The van der Waals surface area contributed by atoms with Crippen molar-refractivity contribution in [3.63, 3.8) is 0 Å². The summed E-state index contributed by atoms with van der Waals surface area (Å²) in [7, 11) is 0. The van der Waals surface area contributed by atoms with Crippen LogP contribution in [0.15, 0.2) is 12.7 Å². The molecule has 0 aromatic rings. The summed E-state index contributed by atoms with van der Waals surface area (Å²) >= 11 is 0. The van der Waals surface area contributed by atoms with Crippen LogP contribution in [-0.4, -0.2) is 51.7 Å². The topological polar surface area (TPSA) is 74.6 Å². The predicted molar refractivity (Wildman–Crippen MR) is 112 cm³/mol. The summed E-state index contributed by atoms with van der Waals surface area (Å²) in [5, 5.41) is 16.1. The van der Waals surface area contributed by atoms with E-state index in [-0.39, 0.29) is 29.6 Å². The first-order valence-corrected chi connectivity index (χ1v) is 10.1. The number of aliphatic carboxylic acids is 2. The van der Waals surface area contributed by atoms with Crippen LogP contribution in [0.25, 0.3) is 0 Å². The van der Waals surface area contributed by atoms with Crippen LogP contribution in [0.2, 0.25) is 0 Å². The van der Waals surface area contributed by atoms with Crippen molar-refractivity contribution < 1.29 is 19.8 Å². The Hall–Kier alpha value is -0.320. The standard InChI is InChI=1S/C18H36O2.C3H4O2.Na.H/c1-2-3-4-5-6-7-8-9-10-11-12-13-14-15-16-17-18(19)20;1-2-3(4)5;;/h2-17H2,1H3,(H,19,20);2H,1H2,(H,4,5);;. The molecule has 0 aliphatic heterocycles. The first kappa shape index (κ1) is 30.4. The molecule has 0 unspecified atom stereocenters. The Kier molecular flexibility index (Phi) is 31.5. The fraction of sp³-hybridized carbons (Fsp3) is 0.810. The van der Waals surface area contributed by atoms with Gasteiger partial charge in [0.05, 0.1) is 0 Å². The van der Waals surface area contributed by atoms with Crippen molar-refractivity contribution in [1.29, 1.82) is 0 Å². The molecule has 0 aliphatic rings. The molecule has 26 heavy (non-hydrogen) atoms. The summed E-state index contributed by atoms with van der Waals surface area (Å²) < 4.78 is 0. The molecule has 0 saturated carbocycles. The minimum atomic E-state index is -0.981. The van der Waals surface area contributed by atoms with Crippen LogP contribution in [-0.2, 0) is 9.59 Å². The molecule has 150 valence electrons. The molecular formula is C21H41NaO4. The van der Waals surface area contributed by atoms with E-state index in [0.29, 0.717) is 6.42 Å². The van der Waals surface area contributed by atoms with E-state index in [0.717, 1.165) is 18.9 Å². The average molecular weight is 381 g/mol. The molecule has 0 amide bonds. The van der Waals surface area contributed by atoms with Crippen molar-refractivity contribution >= 4 is 41.5 Å². The Morgan fingerprint density at radius 2 is 0.962 bits per heavy atom. The maximum absolute atomic E-state index is 10.3. The molecule has 0 heterocycles. The molecule has 0 rings (SSSR count). The minimum absolute atomic E-state index is 0. The van der Waals surface area contributed by atoms with Crippen LogP contribution in [0.4, 0.5) is 0 Å². The number of carboxylic acid groups (broad SMARTS) is 2. The number of carboxylic acids is 2. The zero-order valence-electron chi connectivity index (χ0n) is 16.3. The number of rotatable bonds is 17. The number of carbonyl (C=O) groups is 2. The van der Waals surface area contributed by atoms with Gasteiger partial charge in [0.25, 0.3) is 0 Å². The van der Waals surface area contributed by atoms with Crippen LogP contribution in [0.1, 0.15) is 110 Å². The zero-order chi connectivity index (χ0) is 19.2. The van der Waals surface area contributed by atoms with Gasteiger partial charge in [-0.15, -0.1) is 0 Å². The monoisotopic (exact) mass is 380 g/mol. The van der Waals surface area contributed by atoms with E-state index in [1.807, 2.05) is 0 Å². The van der Waals surface area contributed by atoms with Crippen molar-refractivity contribution in [3.8, 4) is 0 Å². The van der Waals surface area contributed by atoms with Gasteiger partial charge in [0.2, 0.25) is 0 Å². The fourth-order valence-electron chi connectivity index (χ4n) is 2.65. The second-order valence-electron chi connectivity index (χ2n) is 6.64. The van der Waals surface area contributed by atoms with Gasteiger partial charge in [-0.2, -0.15) is 0 Å². The van der Waals surface area contributed by atoms with Crippen molar-refractivity contribution in [2.45, 2.75) is 110 Å². The molecule has 0 bridgehead atoms. The van der Waals surface area contributed by atoms with E-state index in [1.54, 1.807) is 0 Å². The van der Waals surface area contributed by atoms with Gasteiger partial charge in [-0.05, 0) is 6.42 Å². The summed E-state index contributed by atoms with van der Waals surface area (Å²) in [4.78, 5) is 19.6. The SMILES string of the molecule is C=CC(=O)O.CCCCCCCCCCCCCCCCCC(=O)O.[NaH]. The number of hydrogen-bond donors (Lipinski definition) is 2. The first-order chi connectivity index (χ1) is 12.0. The van der Waals surface area contributed by atoms with Gasteiger partial charge < -0.3 is 10.2 Å². The Morgan fingerprint density at radius 3 is 1.19 bits per heavy atom. The summed E-state index contributed by atoms with van der Waals surface area (Å²) in [6.07, 6.45) is 21.0. The molecule has 4 nitrogen and oxygen atoms in total. The van der Waals surface area contributed by atoms with E-state index in [2.05, 4.69) is 13.5 Å². The molecule has 0 fully saturated rings. The Labute approximate surface area is 183 Å². The van der Waals surface area contributed by atoms with Crippen molar-refractivity contribution in [2.24, 2.45) is 0 Å². The van der Waals surface area contributed by atoms with Gasteiger partial charge in [-0.3, -0.25) is 4.79 Å². The summed E-state index contributed by atoms with van der Waals surface area (Å²) in [6, 6.07) is 0. The summed E-state index contributed by atoms with van der Waals surface area (Å²) in [6.45, 7) is 5.23. The van der Waals surface area contributed by atoms with Gasteiger partial charge >= 0.3 is 41.5 Å². The second-order valence-corrected chi connectivity index (χ2v) is 6.64. The van der Waals surface area contributed by atoms with Gasteiger partial charge in [0.15, 0.2) is 0 Å². The molecule has 0 aromatic heterocycles. The van der Waals surface area contributed by atoms with E-state index in [4.69, 9.17) is 10.2 Å². The fourth-order valence-corrected chi connectivity index (χ4v) is 2.65. The molecule has 0 aliphatic carbocycles. The summed E-state index contributed by atoms with van der Waals surface area (Å²) in [5.74, 6) is -1.63. The van der Waals surface area contributed by atoms with Gasteiger partial charge in [0.1, 0.15) is 0 Å². The molecule has 2 N–H and O–H groups in total. The van der Waals surface area contributed by atoms with E-state index < -0.39 is 11.9 Å². The molecule has 0 spiro atoms. The van der Waals surface area contributed by atoms with Crippen LogP contribution in [0.3, 0.4) is 0 Å². The Morgan fingerprint density at radius 1 is 0.692 bits per heavy atom. The molecule has 5 heteroatoms. The van der Waals surface area contributed by atoms with E-state index in [9.17, 15) is 9.59 Å². The van der Waals surface area contributed by atoms with Crippen molar-refractivity contribution in [3.05, 3.63) is 12.7 Å². The normalized spacial score (nSPS) is 9.58. The van der Waals surface area contributed by atoms with E-state index >= 15 is 0 Å². The summed E-state index contributed by atoms with van der Waals surface area (Å²) in [5.41, 5.74) is 0. The van der Waals surface area contributed by atoms with Gasteiger partial charge in [-0.1, -0.05) is 103 Å². The van der Waals surface area contributed by atoms with Gasteiger partial charge in [-0.25, -0.2) is 4.79 Å². The third-order valence-electron chi connectivity index (χ3n) is 4.17. The molecular weight excluding hydrogens is 339 g/mol. The van der Waals surface area contributed by atoms with E-state index in [1.165, 1.54) is 83.5 Å². The second kappa shape index (κ2) is 26.9. The maximum atomic E-state index is 10.3. The van der Waals surface area contributed by atoms with Crippen LogP contribution >= 0.6 is 0 Å². The van der Waals surface area contributed by atoms with Crippen LogP contribution in [0, 0.1) is 0 Å². The Balaban J connectivity index is -0.000000772. The van der Waals surface area contributed by atoms with Crippen molar-refractivity contribution in [1.82, 2.24) is 0 Å². The predicted octanol–water partition coefficient (Wildman–Crippen LogP) is 5.94. The third kappa shape index (κ3) is 34.9. The Bertz CT molecular complexity index is 319. The third-order valence-corrected chi connectivity index (χ3v) is 4.17. The van der Waals surface area contributed by atoms with Crippen molar-refractivity contribution in [2.75, 3.05) is 0 Å². The van der Waals surface area contributed by atoms with Crippen LogP contribution < -0.4 is 0 Å². The average Bonchev–Trinajstić information content (AvgIpc) is 2.58. The number of unbranched alkanes of at least 4 members (excludes halogenated alkanes) is 14. The molecule has 0 radical (unpaired) electrons. The first-order valence-electron chi connectivity index (χ1n) is 10.1. The number of hydrogen-bond acceptors (Lipinski definition) is 2. The molecule has 0 atom stereocenters. The van der Waals surface area contributed by atoms with Gasteiger partial charge in [0, 0.05) is 12.5 Å². The molecule has 0 saturated heterocycles.